The average Bonchev–Trinajstić information content (AvgIpc) is 3.09. The predicted octanol–water partition coefficient (Wildman–Crippen LogP) is 1.85. The number of ether oxygens (including phenoxy) is 1. The molecule has 1 amide bonds. The second-order valence-electron chi connectivity index (χ2n) is 4.72. The number of carbonyl (C=O) groups excluding carboxylic acids is 1. The Balaban J connectivity index is 1.56. The summed E-state index contributed by atoms with van der Waals surface area (Å²) in [5.74, 6) is 0.401. The van der Waals surface area contributed by atoms with Gasteiger partial charge in [-0.15, -0.1) is 0 Å². The van der Waals surface area contributed by atoms with E-state index in [2.05, 4.69) is 10.6 Å². The van der Waals surface area contributed by atoms with E-state index in [1.54, 1.807) is 0 Å². The van der Waals surface area contributed by atoms with Crippen molar-refractivity contribution < 1.29 is 9.53 Å². The quantitative estimate of drug-likeness (QED) is 0.833. The molecule has 1 aliphatic heterocycles. The highest BCUT2D eigenvalue weighted by atomic mass is 16.5. The van der Waals surface area contributed by atoms with Crippen molar-refractivity contribution in [3.05, 3.63) is 24.3 Å². The van der Waals surface area contributed by atoms with Crippen LogP contribution in [0.25, 0.3) is 0 Å². The zero-order valence-corrected chi connectivity index (χ0v) is 9.61. The number of carbonyl (C=O) groups is 1. The molecular formula is C13H16N2O2. The van der Waals surface area contributed by atoms with Gasteiger partial charge in [-0.25, -0.2) is 0 Å². The number of nitrogens with one attached hydrogen (secondary N) is 2. The summed E-state index contributed by atoms with van der Waals surface area (Å²) in [6.45, 7) is 1.56. The van der Waals surface area contributed by atoms with Gasteiger partial charge in [-0.3, -0.25) is 4.79 Å². The van der Waals surface area contributed by atoms with E-state index >= 15 is 0 Å². The molecule has 1 aliphatic carbocycles. The van der Waals surface area contributed by atoms with Crippen LogP contribution in [0.3, 0.4) is 0 Å². The lowest BCUT2D eigenvalue weighted by Gasteiger charge is -2.27. The first-order valence-electron chi connectivity index (χ1n) is 6.06. The second-order valence-corrected chi connectivity index (χ2v) is 4.72. The van der Waals surface area contributed by atoms with Gasteiger partial charge < -0.3 is 15.4 Å². The standard InChI is InChI=1S/C13H16N2O2/c16-13(9-1-2-9)15-11-5-3-10(4-6-11)14-12-7-17-8-12/h3-6,9,12,14H,1-2,7-8H2,(H,15,16). The van der Waals surface area contributed by atoms with E-state index in [4.69, 9.17) is 4.74 Å². The first kappa shape index (κ1) is 10.6. The topological polar surface area (TPSA) is 50.4 Å². The summed E-state index contributed by atoms with van der Waals surface area (Å²) in [7, 11) is 0. The van der Waals surface area contributed by atoms with Crippen LogP contribution < -0.4 is 10.6 Å². The van der Waals surface area contributed by atoms with E-state index in [0.717, 1.165) is 37.4 Å². The minimum absolute atomic E-state index is 0.151. The highest BCUT2D eigenvalue weighted by Gasteiger charge is 2.29. The number of amides is 1. The summed E-state index contributed by atoms with van der Waals surface area (Å²) in [5.41, 5.74) is 1.94. The second kappa shape index (κ2) is 4.37. The summed E-state index contributed by atoms with van der Waals surface area (Å²) in [6.07, 6.45) is 2.07. The van der Waals surface area contributed by atoms with E-state index in [1.807, 2.05) is 24.3 Å². The van der Waals surface area contributed by atoms with Gasteiger partial charge in [0.05, 0.1) is 19.3 Å². The van der Waals surface area contributed by atoms with Crippen molar-refractivity contribution >= 4 is 17.3 Å². The monoisotopic (exact) mass is 232 g/mol. The maximum atomic E-state index is 11.5. The van der Waals surface area contributed by atoms with E-state index in [9.17, 15) is 4.79 Å². The molecule has 2 N–H and O–H groups in total. The van der Waals surface area contributed by atoms with Gasteiger partial charge in [0.15, 0.2) is 0 Å². The van der Waals surface area contributed by atoms with Crippen LogP contribution in [-0.2, 0) is 9.53 Å². The first-order valence-corrected chi connectivity index (χ1v) is 6.06. The Hall–Kier alpha value is -1.55. The van der Waals surface area contributed by atoms with Crippen molar-refractivity contribution in [2.75, 3.05) is 23.8 Å². The van der Waals surface area contributed by atoms with Crippen molar-refractivity contribution in [1.82, 2.24) is 0 Å². The number of anilines is 2. The van der Waals surface area contributed by atoms with Crippen LogP contribution in [0, 0.1) is 5.92 Å². The van der Waals surface area contributed by atoms with Crippen molar-refractivity contribution in [2.45, 2.75) is 18.9 Å². The fraction of sp³-hybridized carbons (Fsp3) is 0.462. The van der Waals surface area contributed by atoms with Gasteiger partial charge in [-0.2, -0.15) is 0 Å². The summed E-state index contributed by atoms with van der Waals surface area (Å²) in [6, 6.07) is 8.27. The van der Waals surface area contributed by atoms with E-state index < -0.39 is 0 Å². The minimum atomic E-state index is 0.151. The Labute approximate surface area is 100 Å². The molecule has 4 nitrogen and oxygen atoms in total. The third-order valence-corrected chi connectivity index (χ3v) is 3.11. The Morgan fingerprint density at radius 2 is 1.76 bits per heavy atom. The fourth-order valence-corrected chi connectivity index (χ4v) is 1.79. The number of benzene rings is 1. The molecule has 0 spiro atoms. The largest absolute Gasteiger partial charge is 0.378 e. The summed E-state index contributed by atoms with van der Waals surface area (Å²) in [4.78, 5) is 11.5. The van der Waals surface area contributed by atoms with E-state index in [1.165, 1.54) is 0 Å². The molecule has 0 aromatic heterocycles. The molecule has 0 atom stereocenters. The fourth-order valence-electron chi connectivity index (χ4n) is 1.79. The first-order chi connectivity index (χ1) is 8.31. The molecule has 1 aromatic rings. The van der Waals surface area contributed by atoms with Gasteiger partial charge >= 0.3 is 0 Å². The zero-order valence-electron chi connectivity index (χ0n) is 9.61. The Morgan fingerprint density at radius 3 is 2.29 bits per heavy atom. The van der Waals surface area contributed by atoms with Crippen LogP contribution >= 0.6 is 0 Å². The summed E-state index contributed by atoms with van der Waals surface area (Å²) in [5, 5.41) is 6.28. The Bertz CT molecular complexity index is 408. The zero-order chi connectivity index (χ0) is 11.7. The third-order valence-electron chi connectivity index (χ3n) is 3.11. The molecule has 1 aromatic carbocycles. The van der Waals surface area contributed by atoms with E-state index in [-0.39, 0.29) is 11.8 Å². The van der Waals surface area contributed by atoms with Gasteiger partial charge in [-0.05, 0) is 37.1 Å². The molecule has 90 valence electrons. The van der Waals surface area contributed by atoms with Crippen molar-refractivity contribution in [3.8, 4) is 0 Å². The average molecular weight is 232 g/mol. The van der Waals surface area contributed by atoms with Gasteiger partial charge in [0.25, 0.3) is 0 Å². The van der Waals surface area contributed by atoms with E-state index in [0.29, 0.717) is 6.04 Å². The molecular weight excluding hydrogens is 216 g/mol. The maximum absolute atomic E-state index is 11.5. The third kappa shape index (κ3) is 2.58. The van der Waals surface area contributed by atoms with Crippen LogP contribution in [0.1, 0.15) is 12.8 Å². The lowest BCUT2D eigenvalue weighted by atomic mass is 10.2. The molecule has 3 rings (SSSR count). The van der Waals surface area contributed by atoms with Crippen LogP contribution in [-0.4, -0.2) is 25.2 Å². The van der Waals surface area contributed by atoms with Crippen LogP contribution in [0.15, 0.2) is 24.3 Å². The molecule has 1 saturated carbocycles. The lowest BCUT2D eigenvalue weighted by Crippen LogP contribution is -2.40. The number of hydrogen-bond acceptors (Lipinski definition) is 3. The van der Waals surface area contributed by atoms with Gasteiger partial charge in [0.2, 0.25) is 5.91 Å². The summed E-state index contributed by atoms with van der Waals surface area (Å²) >= 11 is 0. The molecule has 1 heterocycles. The molecule has 0 unspecified atom stereocenters. The summed E-state index contributed by atoms with van der Waals surface area (Å²) < 4.78 is 5.10. The lowest BCUT2D eigenvalue weighted by molar-refractivity contribution is -0.117. The maximum Gasteiger partial charge on any atom is 0.227 e. The van der Waals surface area contributed by atoms with Gasteiger partial charge in [-0.1, -0.05) is 0 Å². The number of hydrogen-bond donors (Lipinski definition) is 2. The molecule has 17 heavy (non-hydrogen) atoms. The van der Waals surface area contributed by atoms with Crippen LogP contribution in [0.2, 0.25) is 0 Å². The predicted molar refractivity (Wildman–Crippen MR) is 66.0 cm³/mol. The smallest absolute Gasteiger partial charge is 0.227 e. The molecule has 2 aliphatic rings. The molecule has 2 fully saturated rings. The molecule has 0 bridgehead atoms. The SMILES string of the molecule is O=C(Nc1ccc(NC2COC2)cc1)C1CC1. The normalized spacial score (nSPS) is 19.5. The number of rotatable bonds is 4. The minimum Gasteiger partial charge on any atom is -0.378 e. The Morgan fingerprint density at radius 1 is 1.12 bits per heavy atom. The molecule has 0 radical (unpaired) electrons. The van der Waals surface area contributed by atoms with Crippen LogP contribution in [0.5, 0.6) is 0 Å². The molecule has 4 heteroatoms. The van der Waals surface area contributed by atoms with Crippen molar-refractivity contribution in [3.63, 3.8) is 0 Å². The van der Waals surface area contributed by atoms with Gasteiger partial charge in [0.1, 0.15) is 0 Å². The Kier molecular flexibility index (Phi) is 2.73. The molecule has 1 saturated heterocycles. The van der Waals surface area contributed by atoms with Crippen molar-refractivity contribution in [2.24, 2.45) is 5.92 Å². The highest BCUT2D eigenvalue weighted by Crippen LogP contribution is 2.30. The van der Waals surface area contributed by atoms with Crippen LogP contribution in [0.4, 0.5) is 11.4 Å². The van der Waals surface area contributed by atoms with Gasteiger partial charge in [0, 0.05) is 17.3 Å². The highest BCUT2D eigenvalue weighted by molar-refractivity contribution is 5.94. The van der Waals surface area contributed by atoms with Crippen molar-refractivity contribution in [1.29, 1.82) is 0 Å².